The number of hydrogen-bond acceptors (Lipinski definition) is 4. The van der Waals surface area contributed by atoms with Gasteiger partial charge in [0.25, 0.3) is 0 Å². The third kappa shape index (κ3) is 6.36. The maximum absolute atomic E-state index is 5.45. The molecule has 0 saturated heterocycles. The predicted molar refractivity (Wildman–Crippen MR) is 286 cm³/mol. The molecule has 12 aromatic rings. The minimum Gasteiger partial charge on any atom is -0.251 e. The van der Waals surface area contributed by atoms with Gasteiger partial charge in [0, 0.05) is 44.1 Å². The molecule has 4 heteroatoms. The van der Waals surface area contributed by atoms with Gasteiger partial charge >= 0.3 is 0 Å². The molecule has 0 spiro atoms. The van der Waals surface area contributed by atoms with Gasteiger partial charge in [0.05, 0.1) is 38.9 Å². The zero-order valence-corrected chi connectivity index (χ0v) is 38.9. The highest BCUT2D eigenvalue weighted by atomic mass is 14.8. The van der Waals surface area contributed by atoms with E-state index < -0.39 is 5.41 Å². The zero-order chi connectivity index (χ0) is 46.4. The normalized spacial score (nSPS) is 12.8. The summed E-state index contributed by atoms with van der Waals surface area (Å²) in [6, 6.07) is 75.1. The quantitative estimate of drug-likeness (QED) is 0.156. The molecule has 1 aliphatic rings. The van der Waals surface area contributed by atoms with Crippen LogP contribution in [0.1, 0.15) is 44.8 Å². The Hall–Kier alpha value is -8.60. The Labute approximate surface area is 401 Å². The number of rotatable bonds is 6. The summed E-state index contributed by atoms with van der Waals surface area (Å²) in [5, 5.41) is 4.45. The average Bonchev–Trinajstić information content (AvgIpc) is 3.69. The largest absolute Gasteiger partial charge is 0.251 e. The van der Waals surface area contributed by atoms with Crippen molar-refractivity contribution in [2.75, 3.05) is 0 Å². The van der Waals surface area contributed by atoms with E-state index in [-0.39, 0.29) is 0 Å². The Morgan fingerprint density at radius 1 is 0.290 bits per heavy atom. The molecule has 326 valence electrons. The van der Waals surface area contributed by atoms with E-state index in [1.165, 1.54) is 44.5 Å². The van der Waals surface area contributed by atoms with Crippen molar-refractivity contribution in [1.82, 2.24) is 19.9 Å². The Kier molecular flexibility index (Phi) is 9.28. The predicted octanol–water partition coefficient (Wildman–Crippen LogP) is 16.1. The lowest BCUT2D eigenvalue weighted by Gasteiger charge is -2.34. The lowest BCUT2D eigenvalue weighted by molar-refractivity contribution is 0.768. The molecule has 1 aliphatic carbocycles. The van der Waals surface area contributed by atoms with Crippen molar-refractivity contribution >= 4 is 43.6 Å². The van der Waals surface area contributed by atoms with Gasteiger partial charge in [-0.2, -0.15) is 0 Å². The number of pyridine rings is 4. The van der Waals surface area contributed by atoms with Gasteiger partial charge in [-0.1, -0.05) is 182 Å². The van der Waals surface area contributed by atoms with E-state index in [0.29, 0.717) is 0 Å². The van der Waals surface area contributed by atoms with Crippen molar-refractivity contribution in [3.8, 4) is 55.9 Å². The molecule has 0 unspecified atom stereocenters. The van der Waals surface area contributed by atoms with E-state index in [1.54, 1.807) is 0 Å². The maximum atomic E-state index is 5.45. The average molecular weight is 883 g/mol. The number of fused-ring (bicyclic) bond motifs is 9. The van der Waals surface area contributed by atoms with Crippen molar-refractivity contribution < 1.29 is 0 Å². The number of aryl methyl sites for hydroxylation is 4. The third-order valence-corrected chi connectivity index (χ3v) is 14.5. The fraction of sp³-hybridized carbons (Fsp3) is 0.0769. The first-order chi connectivity index (χ1) is 33.8. The van der Waals surface area contributed by atoms with E-state index in [9.17, 15) is 0 Å². The molecule has 0 radical (unpaired) electrons. The molecule has 4 heterocycles. The standard InChI is InChI=1S/C65H46N4/c1-39-35-41(3)66-61-49(39)31-33-53-55(43-15-7-5-8-16-43)37-59(68-63(53)61)45-23-27-47(28-24-45)65(57-21-13-11-19-51(57)52-20-12-14-22-58(52)65)48-29-25-46(26-30-48)60-38-56(44-17-9-6-10-18-44)54-34-32-50-40(2)36-42(4)67-62(50)64(54)69-60/h5-38H,1-4H3. The Bertz CT molecular complexity index is 3760. The summed E-state index contributed by atoms with van der Waals surface area (Å²) in [6.07, 6.45) is 0. The van der Waals surface area contributed by atoms with Crippen molar-refractivity contribution in [1.29, 1.82) is 0 Å². The third-order valence-electron chi connectivity index (χ3n) is 14.5. The van der Waals surface area contributed by atoms with Crippen LogP contribution >= 0.6 is 0 Å². The highest BCUT2D eigenvalue weighted by Crippen LogP contribution is 2.56. The molecule has 13 rings (SSSR count). The van der Waals surface area contributed by atoms with E-state index >= 15 is 0 Å². The second kappa shape index (κ2) is 15.8. The first-order valence-corrected chi connectivity index (χ1v) is 23.8. The zero-order valence-electron chi connectivity index (χ0n) is 38.9. The van der Waals surface area contributed by atoms with Crippen molar-refractivity contribution in [2.45, 2.75) is 33.1 Å². The second-order valence-corrected chi connectivity index (χ2v) is 18.7. The van der Waals surface area contributed by atoms with Crippen LogP contribution in [0.3, 0.4) is 0 Å². The van der Waals surface area contributed by atoms with Crippen LogP contribution in [-0.2, 0) is 5.41 Å². The Balaban J connectivity index is 0.991. The van der Waals surface area contributed by atoms with Gasteiger partial charge in [0.1, 0.15) is 0 Å². The van der Waals surface area contributed by atoms with Crippen LogP contribution in [0.2, 0.25) is 0 Å². The van der Waals surface area contributed by atoms with Crippen LogP contribution in [0.5, 0.6) is 0 Å². The number of benzene rings is 8. The highest BCUT2D eigenvalue weighted by Gasteiger charge is 2.46. The van der Waals surface area contributed by atoms with Crippen LogP contribution in [0.15, 0.2) is 206 Å². The number of aromatic nitrogens is 4. The van der Waals surface area contributed by atoms with Gasteiger partial charge in [-0.15, -0.1) is 0 Å². The van der Waals surface area contributed by atoms with Gasteiger partial charge in [-0.3, -0.25) is 9.97 Å². The van der Waals surface area contributed by atoms with Crippen LogP contribution in [0.4, 0.5) is 0 Å². The molecule has 0 bridgehead atoms. The van der Waals surface area contributed by atoms with Crippen molar-refractivity contribution in [3.63, 3.8) is 0 Å². The summed E-state index contributed by atoms with van der Waals surface area (Å²) in [6.45, 7) is 8.46. The summed E-state index contributed by atoms with van der Waals surface area (Å²) in [5.41, 5.74) is 23.4. The Morgan fingerprint density at radius 2 is 0.652 bits per heavy atom. The van der Waals surface area contributed by atoms with Crippen LogP contribution in [0, 0.1) is 27.7 Å². The molecule has 0 aliphatic heterocycles. The number of nitrogens with zero attached hydrogens (tertiary/aromatic N) is 4. The van der Waals surface area contributed by atoms with Crippen molar-refractivity contribution in [2.24, 2.45) is 0 Å². The maximum Gasteiger partial charge on any atom is 0.0978 e. The van der Waals surface area contributed by atoms with Crippen LogP contribution in [-0.4, -0.2) is 19.9 Å². The molecule has 4 nitrogen and oxygen atoms in total. The molecule has 0 amide bonds. The van der Waals surface area contributed by atoms with Gasteiger partial charge in [-0.05, 0) is 119 Å². The van der Waals surface area contributed by atoms with E-state index in [2.05, 4.69) is 234 Å². The summed E-state index contributed by atoms with van der Waals surface area (Å²) < 4.78 is 0. The minimum atomic E-state index is -0.591. The summed E-state index contributed by atoms with van der Waals surface area (Å²) in [4.78, 5) is 21.1. The molecule has 0 atom stereocenters. The topological polar surface area (TPSA) is 51.6 Å². The van der Waals surface area contributed by atoms with Gasteiger partial charge < -0.3 is 0 Å². The van der Waals surface area contributed by atoms with E-state index in [0.717, 1.165) is 99.8 Å². The molecule has 69 heavy (non-hydrogen) atoms. The van der Waals surface area contributed by atoms with E-state index in [4.69, 9.17) is 19.9 Å². The Morgan fingerprint density at radius 3 is 1.07 bits per heavy atom. The summed E-state index contributed by atoms with van der Waals surface area (Å²) in [5.74, 6) is 0. The lowest BCUT2D eigenvalue weighted by Crippen LogP contribution is -2.28. The number of hydrogen-bond donors (Lipinski definition) is 0. The lowest BCUT2D eigenvalue weighted by atomic mass is 9.67. The van der Waals surface area contributed by atoms with Gasteiger partial charge in [0.15, 0.2) is 0 Å². The SMILES string of the molecule is Cc1cc(C)c2ccc3c(-c4ccccc4)cc(-c4ccc(C5(c6ccc(-c7cc(-c8ccccc8)c8ccc9c(C)cc(C)nc9c8n7)cc6)c6ccccc6-c6ccccc65)cc4)nc3c2n1. The van der Waals surface area contributed by atoms with Crippen LogP contribution < -0.4 is 0 Å². The molecule has 0 fully saturated rings. The first-order valence-electron chi connectivity index (χ1n) is 23.8. The summed E-state index contributed by atoms with van der Waals surface area (Å²) >= 11 is 0. The first kappa shape index (κ1) is 40.7. The minimum absolute atomic E-state index is 0.591. The molecule has 8 aromatic carbocycles. The van der Waals surface area contributed by atoms with Gasteiger partial charge in [0.2, 0.25) is 0 Å². The second-order valence-electron chi connectivity index (χ2n) is 18.7. The molecule has 0 N–H and O–H groups in total. The van der Waals surface area contributed by atoms with Crippen molar-refractivity contribution in [3.05, 3.63) is 251 Å². The van der Waals surface area contributed by atoms with Gasteiger partial charge in [-0.25, -0.2) is 9.97 Å². The fourth-order valence-corrected chi connectivity index (χ4v) is 11.4. The van der Waals surface area contributed by atoms with Crippen LogP contribution in [0.25, 0.3) is 99.5 Å². The molecule has 4 aromatic heterocycles. The monoisotopic (exact) mass is 882 g/mol. The molecular formula is C65H46N4. The molecular weight excluding hydrogens is 837 g/mol. The van der Waals surface area contributed by atoms with E-state index in [1.807, 2.05) is 0 Å². The summed E-state index contributed by atoms with van der Waals surface area (Å²) in [7, 11) is 0. The smallest absolute Gasteiger partial charge is 0.0978 e. The highest BCUT2D eigenvalue weighted by molar-refractivity contribution is 6.11. The fourth-order valence-electron chi connectivity index (χ4n) is 11.4. The molecule has 0 saturated carbocycles.